The largest absolute Gasteiger partial charge is 0.416 e. The molecule has 3 rings (SSSR count). The van der Waals surface area contributed by atoms with Gasteiger partial charge in [-0.05, 0) is 36.4 Å². The predicted molar refractivity (Wildman–Crippen MR) is 111 cm³/mol. The second-order valence-corrected chi connectivity index (χ2v) is 6.93. The normalized spacial score (nSPS) is 11.0. The van der Waals surface area contributed by atoms with Gasteiger partial charge in [-0.3, -0.25) is 25.8 Å². The van der Waals surface area contributed by atoms with Gasteiger partial charge in [-0.15, -0.1) is 0 Å². The minimum Gasteiger partial charge on any atom is -0.334 e. The van der Waals surface area contributed by atoms with Crippen LogP contribution in [0.5, 0.6) is 0 Å². The first-order chi connectivity index (χ1) is 15.1. The van der Waals surface area contributed by atoms with E-state index in [-0.39, 0.29) is 16.3 Å². The Morgan fingerprint density at radius 2 is 1.78 bits per heavy atom. The zero-order chi connectivity index (χ0) is 23.5. The standard InChI is InChI=1S/C18H11Cl2F3N6O3/c19-10-4-5-12(13(20)7-10)17(30)28-27-16-14(29(31)32)15(24-8-25-16)26-11-3-1-2-9(6-11)18(21,22)23/h1-8H,(H,28,30)(H2,24,25,26,27). The molecule has 0 fully saturated rings. The second kappa shape index (κ2) is 9.24. The first kappa shape index (κ1) is 23.0. The van der Waals surface area contributed by atoms with Crippen molar-refractivity contribution in [2.75, 3.05) is 10.7 Å². The number of hydrogen-bond donors (Lipinski definition) is 3. The molecule has 0 aliphatic heterocycles. The van der Waals surface area contributed by atoms with Crippen LogP contribution in [0.15, 0.2) is 48.8 Å². The van der Waals surface area contributed by atoms with E-state index in [0.29, 0.717) is 5.02 Å². The lowest BCUT2D eigenvalue weighted by atomic mass is 10.2. The predicted octanol–water partition coefficient (Wildman–Crippen LogP) is 5.21. The zero-order valence-electron chi connectivity index (χ0n) is 15.6. The van der Waals surface area contributed by atoms with Gasteiger partial charge in [-0.25, -0.2) is 9.97 Å². The molecule has 0 aliphatic rings. The van der Waals surface area contributed by atoms with Gasteiger partial charge in [0.15, 0.2) is 0 Å². The van der Waals surface area contributed by atoms with Gasteiger partial charge in [0.05, 0.1) is 21.1 Å². The second-order valence-electron chi connectivity index (χ2n) is 6.08. The van der Waals surface area contributed by atoms with E-state index in [2.05, 4.69) is 26.1 Å². The molecule has 166 valence electrons. The number of alkyl halides is 3. The van der Waals surface area contributed by atoms with E-state index >= 15 is 0 Å². The molecule has 1 heterocycles. The number of aromatic nitrogens is 2. The molecule has 32 heavy (non-hydrogen) atoms. The molecule has 0 unspecified atom stereocenters. The van der Waals surface area contributed by atoms with Crippen LogP contribution in [-0.4, -0.2) is 20.8 Å². The van der Waals surface area contributed by atoms with E-state index in [9.17, 15) is 28.1 Å². The van der Waals surface area contributed by atoms with Crippen molar-refractivity contribution in [2.45, 2.75) is 6.18 Å². The summed E-state index contributed by atoms with van der Waals surface area (Å²) >= 11 is 11.7. The smallest absolute Gasteiger partial charge is 0.334 e. The van der Waals surface area contributed by atoms with Crippen molar-refractivity contribution >= 4 is 52.1 Å². The fourth-order valence-electron chi connectivity index (χ4n) is 2.50. The average Bonchev–Trinajstić information content (AvgIpc) is 2.71. The molecule has 3 aromatic rings. The summed E-state index contributed by atoms with van der Waals surface area (Å²) in [5.41, 5.74) is 2.76. The number of nitrogens with zero attached hydrogens (tertiary/aromatic N) is 3. The molecule has 0 radical (unpaired) electrons. The van der Waals surface area contributed by atoms with E-state index in [1.807, 2.05) is 0 Å². The van der Waals surface area contributed by atoms with Crippen LogP contribution in [-0.2, 0) is 6.18 Å². The van der Waals surface area contributed by atoms with Gasteiger partial charge in [0.25, 0.3) is 5.91 Å². The Kier molecular flexibility index (Phi) is 6.65. The van der Waals surface area contributed by atoms with Gasteiger partial charge in [0.2, 0.25) is 11.6 Å². The Bertz CT molecular complexity index is 1190. The van der Waals surface area contributed by atoms with Gasteiger partial charge in [0, 0.05) is 10.7 Å². The summed E-state index contributed by atoms with van der Waals surface area (Å²) in [6.45, 7) is 0. The summed E-state index contributed by atoms with van der Waals surface area (Å²) in [7, 11) is 0. The Morgan fingerprint density at radius 1 is 1.06 bits per heavy atom. The molecule has 1 amide bonds. The third-order valence-corrected chi connectivity index (χ3v) is 4.48. The maximum Gasteiger partial charge on any atom is 0.416 e. The Balaban J connectivity index is 1.85. The minimum absolute atomic E-state index is 0.0302. The molecule has 0 saturated carbocycles. The number of rotatable bonds is 6. The number of nitrogens with one attached hydrogen (secondary N) is 3. The van der Waals surface area contributed by atoms with Crippen molar-refractivity contribution in [2.24, 2.45) is 0 Å². The topological polar surface area (TPSA) is 122 Å². The summed E-state index contributed by atoms with van der Waals surface area (Å²) in [6.07, 6.45) is -3.68. The minimum atomic E-state index is -4.60. The van der Waals surface area contributed by atoms with Gasteiger partial charge >= 0.3 is 11.9 Å². The number of benzene rings is 2. The summed E-state index contributed by atoms with van der Waals surface area (Å²) < 4.78 is 38.7. The number of nitro groups is 1. The lowest BCUT2D eigenvalue weighted by molar-refractivity contribution is -0.383. The van der Waals surface area contributed by atoms with Gasteiger partial charge in [-0.1, -0.05) is 29.3 Å². The zero-order valence-corrected chi connectivity index (χ0v) is 17.1. The van der Waals surface area contributed by atoms with Crippen LogP contribution in [0.3, 0.4) is 0 Å². The summed E-state index contributed by atoms with van der Waals surface area (Å²) in [5, 5.41) is 14.4. The lowest BCUT2D eigenvalue weighted by Crippen LogP contribution is -2.30. The molecule has 3 N–H and O–H groups in total. The number of amides is 1. The molecule has 14 heteroatoms. The molecule has 1 aromatic heterocycles. The van der Waals surface area contributed by atoms with Crippen LogP contribution < -0.4 is 16.2 Å². The highest BCUT2D eigenvalue weighted by molar-refractivity contribution is 6.36. The van der Waals surface area contributed by atoms with Gasteiger partial charge in [0.1, 0.15) is 6.33 Å². The maximum absolute atomic E-state index is 12.9. The molecular weight excluding hydrogens is 476 g/mol. The number of hydrogen-bond acceptors (Lipinski definition) is 7. The first-order valence-corrected chi connectivity index (χ1v) is 9.27. The van der Waals surface area contributed by atoms with E-state index in [4.69, 9.17) is 23.2 Å². The van der Waals surface area contributed by atoms with Crippen LogP contribution in [0.25, 0.3) is 0 Å². The molecular formula is C18H11Cl2F3N6O3. The fourth-order valence-corrected chi connectivity index (χ4v) is 3.00. The van der Waals surface area contributed by atoms with Crippen molar-refractivity contribution in [1.82, 2.24) is 15.4 Å². The van der Waals surface area contributed by atoms with Crippen molar-refractivity contribution in [3.8, 4) is 0 Å². The van der Waals surface area contributed by atoms with E-state index in [1.165, 1.54) is 24.3 Å². The quantitative estimate of drug-likeness (QED) is 0.322. The molecule has 9 nitrogen and oxygen atoms in total. The van der Waals surface area contributed by atoms with Gasteiger partial charge in [-0.2, -0.15) is 13.2 Å². The summed E-state index contributed by atoms with van der Waals surface area (Å²) in [4.78, 5) is 30.5. The number of anilines is 3. The molecule has 0 bridgehead atoms. The number of hydrazine groups is 1. The van der Waals surface area contributed by atoms with E-state index < -0.39 is 39.9 Å². The Hall–Kier alpha value is -3.64. The Morgan fingerprint density at radius 3 is 2.44 bits per heavy atom. The first-order valence-electron chi connectivity index (χ1n) is 8.51. The fraction of sp³-hybridized carbons (Fsp3) is 0.0556. The number of carbonyl (C=O) groups is 1. The Labute approximate surface area is 187 Å². The summed E-state index contributed by atoms with van der Waals surface area (Å²) in [6, 6.07) is 8.13. The maximum atomic E-state index is 12.9. The van der Waals surface area contributed by atoms with Crippen LogP contribution >= 0.6 is 23.2 Å². The van der Waals surface area contributed by atoms with Crippen LogP contribution in [0, 0.1) is 10.1 Å². The monoisotopic (exact) mass is 486 g/mol. The molecule has 0 saturated heterocycles. The van der Waals surface area contributed by atoms with Crippen LogP contribution in [0.1, 0.15) is 15.9 Å². The van der Waals surface area contributed by atoms with Crippen molar-refractivity contribution in [3.05, 3.63) is 80.1 Å². The highest BCUT2D eigenvalue weighted by Crippen LogP contribution is 2.34. The summed E-state index contributed by atoms with van der Waals surface area (Å²) in [5.74, 6) is -1.56. The highest BCUT2D eigenvalue weighted by Gasteiger charge is 2.31. The lowest BCUT2D eigenvalue weighted by Gasteiger charge is -2.12. The third kappa shape index (κ3) is 5.34. The van der Waals surface area contributed by atoms with Crippen molar-refractivity contribution in [1.29, 1.82) is 0 Å². The highest BCUT2D eigenvalue weighted by atomic mass is 35.5. The molecule has 0 aliphatic carbocycles. The van der Waals surface area contributed by atoms with Crippen molar-refractivity contribution < 1.29 is 22.9 Å². The van der Waals surface area contributed by atoms with Gasteiger partial charge < -0.3 is 5.32 Å². The van der Waals surface area contributed by atoms with Crippen LogP contribution in [0.2, 0.25) is 10.0 Å². The number of carbonyl (C=O) groups excluding carboxylic acids is 1. The number of halogens is 5. The van der Waals surface area contributed by atoms with Crippen LogP contribution in [0.4, 0.5) is 36.2 Å². The average molecular weight is 487 g/mol. The van der Waals surface area contributed by atoms with Crippen molar-refractivity contribution in [3.63, 3.8) is 0 Å². The molecule has 2 aromatic carbocycles. The molecule has 0 spiro atoms. The third-order valence-electron chi connectivity index (χ3n) is 3.93. The molecule has 0 atom stereocenters. The van der Waals surface area contributed by atoms with E-state index in [0.717, 1.165) is 24.5 Å². The SMILES string of the molecule is O=C(NNc1ncnc(Nc2cccc(C(F)(F)F)c2)c1[N+](=O)[O-])c1ccc(Cl)cc1Cl. The van der Waals surface area contributed by atoms with E-state index in [1.54, 1.807) is 0 Å².